The van der Waals surface area contributed by atoms with Gasteiger partial charge in [-0.1, -0.05) is 0 Å². The fraction of sp³-hybridized carbons (Fsp3) is 0.750. The summed E-state index contributed by atoms with van der Waals surface area (Å²) in [4.78, 5) is 22.8. The van der Waals surface area contributed by atoms with Crippen molar-refractivity contribution in [3.63, 3.8) is 0 Å². The van der Waals surface area contributed by atoms with Crippen molar-refractivity contribution in [3.8, 4) is 0 Å². The summed E-state index contributed by atoms with van der Waals surface area (Å²) in [6.45, 7) is 0. The van der Waals surface area contributed by atoms with Crippen LogP contribution in [0.15, 0.2) is 0 Å². The van der Waals surface area contributed by atoms with Gasteiger partial charge in [-0.05, 0) is 12.8 Å². The monoisotopic (exact) mass is 238 g/mol. The molecule has 0 aromatic rings. The average molecular weight is 239 g/mol. The summed E-state index contributed by atoms with van der Waals surface area (Å²) in [6.07, 6.45) is 0.902. The number of carbonyl (C=O) groups is 2. The quantitative estimate of drug-likeness (QED) is 0.690. The molecule has 0 bridgehead atoms. The number of nitrogens with one attached hydrogen (secondary N) is 2. The molecule has 0 aromatic carbocycles. The summed E-state index contributed by atoms with van der Waals surface area (Å²) in [6, 6.07) is -0.988. The van der Waals surface area contributed by atoms with Gasteiger partial charge in [0.15, 0.2) is 0 Å². The molecule has 0 radical (unpaired) electrons. The number of halogens is 2. The topological polar surface area (TPSA) is 58.2 Å². The largest absolute Gasteiger partial charge is 0.342 e. The van der Waals surface area contributed by atoms with Gasteiger partial charge in [-0.3, -0.25) is 9.59 Å². The zero-order chi connectivity index (χ0) is 10.6. The van der Waals surface area contributed by atoms with Crippen LogP contribution < -0.4 is 10.6 Å². The maximum Gasteiger partial charge on any atom is 0.243 e. The maximum absolute atomic E-state index is 11.4. The highest BCUT2D eigenvalue weighted by atomic mass is 35.5. The summed E-state index contributed by atoms with van der Waals surface area (Å²) in [5.41, 5.74) is 0. The second kappa shape index (κ2) is 5.41. The second-order valence-electron chi connectivity index (χ2n) is 3.08. The van der Waals surface area contributed by atoms with Gasteiger partial charge in [-0.2, -0.15) is 0 Å². The van der Waals surface area contributed by atoms with Gasteiger partial charge in [0.05, 0.1) is 0 Å². The molecular weight excluding hydrogens is 227 g/mol. The molecule has 0 saturated carbocycles. The Hall–Kier alpha value is -0.480. The molecule has 6 heteroatoms. The van der Waals surface area contributed by atoms with E-state index in [1.807, 2.05) is 0 Å². The van der Waals surface area contributed by atoms with Gasteiger partial charge in [0.25, 0.3) is 0 Å². The van der Waals surface area contributed by atoms with Crippen molar-refractivity contribution < 1.29 is 9.59 Å². The number of amides is 2. The van der Waals surface area contributed by atoms with E-state index in [0.29, 0.717) is 24.6 Å². The molecule has 1 rings (SSSR count). The van der Waals surface area contributed by atoms with E-state index in [9.17, 15) is 9.59 Å². The maximum atomic E-state index is 11.4. The molecule has 14 heavy (non-hydrogen) atoms. The minimum atomic E-state index is -0.494. The molecule has 1 heterocycles. The highest BCUT2D eigenvalue weighted by molar-refractivity contribution is 6.18. The first kappa shape index (κ1) is 11.6. The molecule has 2 amide bonds. The molecule has 2 unspecified atom stereocenters. The Labute approximate surface area is 92.3 Å². The zero-order valence-electron chi connectivity index (χ0n) is 7.56. The van der Waals surface area contributed by atoms with Crippen molar-refractivity contribution >= 4 is 35.0 Å². The Kier molecular flexibility index (Phi) is 4.48. The van der Waals surface area contributed by atoms with Crippen molar-refractivity contribution in [3.05, 3.63) is 0 Å². The van der Waals surface area contributed by atoms with Crippen molar-refractivity contribution in [1.29, 1.82) is 0 Å². The van der Waals surface area contributed by atoms with Gasteiger partial charge < -0.3 is 10.6 Å². The van der Waals surface area contributed by atoms with Crippen LogP contribution in [0.25, 0.3) is 0 Å². The Morgan fingerprint density at radius 2 is 1.29 bits per heavy atom. The van der Waals surface area contributed by atoms with E-state index in [1.54, 1.807) is 0 Å². The third kappa shape index (κ3) is 2.75. The Bertz CT molecular complexity index is 211. The highest BCUT2D eigenvalue weighted by Crippen LogP contribution is 2.05. The zero-order valence-corrected chi connectivity index (χ0v) is 9.07. The third-order valence-electron chi connectivity index (χ3n) is 2.06. The molecule has 1 aliphatic heterocycles. The van der Waals surface area contributed by atoms with E-state index in [0.717, 1.165) is 0 Å². The van der Waals surface area contributed by atoms with Gasteiger partial charge in [0.2, 0.25) is 11.8 Å². The van der Waals surface area contributed by atoms with Crippen molar-refractivity contribution in [2.45, 2.75) is 24.9 Å². The molecule has 0 aliphatic carbocycles. The molecule has 2 N–H and O–H groups in total. The summed E-state index contributed by atoms with van der Waals surface area (Å²) in [5, 5.41) is 5.22. The van der Waals surface area contributed by atoms with Crippen LogP contribution in [-0.4, -0.2) is 35.7 Å². The summed E-state index contributed by atoms with van der Waals surface area (Å²) < 4.78 is 0. The molecule has 0 spiro atoms. The molecule has 1 aliphatic rings. The summed E-state index contributed by atoms with van der Waals surface area (Å²) in [7, 11) is 0. The second-order valence-corrected chi connectivity index (χ2v) is 3.83. The Morgan fingerprint density at radius 3 is 1.57 bits per heavy atom. The van der Waals surface area contributed by atoms with Gasteiger partial charge in [0.1, 0.15) is 12.1 Å². The number of hydrogen-bond donors (Lipinski definition) is 2. The van der Waals surface area contributed by atoms with Crippen LogP contribution >= 0.6 is 23.2 Å². The van der Waals surface area contributed by atoms with Crippen LogP contribution in [0.4, 0.5) is 0 Å². The lowest BCUT2D eigenvalue weighted by atomic mass is 10.1. The lowest BCUT2D eigenvalue weighted by Gasteiger charge is -2.28. The standard InChI is InChI=1S/C8H12Cl2N2O2/c9-3-1-5-7(13)12-6(2-4-10)8(14)11-5/h5-6H,1-4H2,(H,11,14)(H,12,13). The predicted molar refractivity (Wildman–Crippen MR) is 54.5 cm³/mol. The van der Waals surface area contributed by atoms with E-state index < -0.39 is 12.1 Å². The lowest BCUT2D eigenvalue weighted by molar-refractivity contribution is -0.136. The molecule has 1 saturated heterocycles. The Morgan fingerprint density at radius 1 is 0.929 bits per heavy atom. The van der Waals surface area contributed by atoms with Crippen LogP contribution in [0.1, 0.15) is 12.8 Å². The van der Waals surface area contributed by atoms with E-state index >= 15 is 0 Å². The molecule has 2 atom stereocenters. The van der Waals surface area contributed by atoms with Crippen molar-refractivity contribution in [1.82, 2.24) is 10.6 Å². The molecule has 4 nitrogen and oxygen atoms in total. The molecule has 1 fully saturated rings. The van der Waals surface area contributed by atoms with Crippen LogP contribution in [0.2, 0.25) is 0 Å². The number of carbonyl (C=O) groups excluding carboxylic acids is 2. The first-order chi connectivity index (χ1) is 6.69. The minimum absolute atomic E-state index is 0.180. The third-order valence-corrected chi connectivity index (χ3v) is 2.50. The van der Waals surface area contributed by atoms with Crippen molar-refractivity contribution in [2.24, 2.45) is 0 Å². The smallest absolute Gasteiger partial charge is 0.243 e. The van der Waals surface area contributed by atoms with Crippen LogP contribution in [0.3, 0.4) is 0 Å². The molecule has 0 aromatic heterocycles. The molecular formula is C8H12Cl2N2O2. The molecule has 80 valence electrons. The van der Waals surface area contributed by atoms with Gasteiger partial charge in [0, 0.05) is 11.8 Å². The predicted octanol–water partition coefficient (Wildman–Crippen LogP) is 0.227. The number of rotatable bonds is 4. The first-order valence-corrected chi connectivity index (χ1v) is 5.48. The van der Waals surface area contributed by atoms with E-state index in [4.69, 9.17) is 23.2 Å². The normalized spacial score (nSPS) is 27.0. The van der Waals surface area contributed by atoms with Crippen LogP contribution in [-0.2, 0) is 9.59 Å². The Balaban J connectivity index is 2.53. The van der Waals surface area contributed by atoms with Crippen LogP contribution in [0.5, 0.6) is 0 Å². The fourth-order valence-corrected chi connectivity index (χ4v) is 1.74. The van der Waals surface area contributed by atoms with Gasteiger partial charge >= 0.3 is 0 Å². The van der Waals surface area contributed by atoms with Crippen molar-refractivity contribution in [2.75, 3.05) is 11.8 Å². The fourth-order valence-electron chi connectivity index (χ4n) is 1.30. The van der Waals surface area contributed by atoms with Gasteiger partial charge in [-0.15, -0.1) is 23.2 Å². The first-order valence-electron chi connectivity index (χ1n) is 4.41. The number of piperazine rings is 1. The number of hydrogen-bond acceptors (Lipinski definition) is 2. The SMILES string of the molecule is O=C1NC(CCCl)C(=O)NC1CCCl. The minimum Gasteiger partial charge on any atom is -0.342 e. The van der Waals surface area contributed by atoms with Gasteiger partial charge in [-0.25, -0.2) is 0 Å². The van der Waals surface area contributed by atoms with Crippen LogP contribution in [0, 0.1) is 0 Å². The summed E-state index contributed by atoms with van der Waals surface area (Å²) >= 11 is 11.0. The lowest BCUT2D eigenvalue weighted by Crippen LogP contribution is -2.61. The highest BCUT2D eigenvalue weighted by Gasteiger charge is 2.32. The summed E-state index contributed by atoms with van der Waals surface area (Å²) in [5.74, 6) is 0.331. The van der Waals surface area contributed by atoms with E-state index in [2.05, 4.69) is 10.6 Å². The average Bonchev–Trinajstić information content (AvgIpc) is 2.14. The van der Waals surface area contributed by atoms with E-state index in [1.165, 1.54) is 0 Å². The van der Waals surface area contributed by atoms with E-state index in [-0.39, 0.29) is 11.8 Å². The number of alkyl halides is 2.